The van der Waals surface area contributed by atoms with Crippen molar-refractivity contribution < 1.29 is 0 Å². The van der Waals surface area contributed by atoms with E-state index in [1.54, 1.807) is 6.20 Å². The topological polar surface area (TPSA) is 50.9 Å². The van der Waals surface area contributed by atoms with Crippen molar-refractivity contribution in [3.05, 3.63) is 52.1 Å². The maximum absolute atomic E-state index is 5.52. The number of hydrogen-bond acceptors (Lipinski definition) is 3. The third kappa shape index (κ3) is 3.05. The van der Waals surface area contributed by atoms with Crippen molar-refractivity contribution in [2.45, 2.75) is 6.92 Å². The van der Waals surface area contributed by atoms with Gasteiger partial charge in [0.2, 0.25) is 0 Å². The smallest absolute Gasteiger partial charge is 0.130 e. The average molecular weight is 322 g/mol. The van der Waals surface area contributed by atoms with E-state index in [2.05, 4.69) is 26.2 Å². The van der Waals surface area contributed by atoms with Crippen molar-refractivity contribution >= 4 is 44.6 Å². The first-order valence-corrected chi connectivity index (χ1v) is 6.55. The summed E-state index contributed by atoms with van der Waals surface area (Å²) < 4.78 is 1.00. The summed E-state index contributed by atoms with van der Waals surface area (Å²) in [5.74, 6) is 0.750. The number of aromatic nitrogens is 1. The van der Waals surface area contributed by atoms with Gasteiger partial charge in [-0.2, -0.15) is 0 Å². The Morgan fingerprint density at radius 2 is 2.11 bits per heavy atom. The molecule has 0 unspecified atom stereocenters. The number of nitrogens with one attached hydrogen (secondary N) is 1. The molecule has 1 aromatic heterocycles. The van der Waals surface area contributed by atoms with Crippen LogP contribution in [0.1, 0.15) is 11.1 Å². The molecule has 0 aliphatic heterocycles. The summed E-state index contributed by atoms with van der Waals surface area (Å²) in [6, 6.07) is 9.78. The predicted octanol–water partition coefficient (Wildman–Crippen LogP) is 3.53. The fourth-order valence-electron chi connectivity index (χ4n) is 1.47. The number of hydrogen-bond donors (Lipinski definition) is 2. The molecule has 0 bridgehead atoms. The second-order valence-electron chi connectivity index (χ2n) is 3.90. The average Bonchev–Trinajstić information content (AvgIpc) is 2.33. The molecule has 0 aliphatic carbocycles. The summed E-state index contributed by atoms with van der Waals surface area (Å²) in [7, 11) is 0. The van der Waals surface area contributed by atoms with Gasteiger partial charge in [-0.1, -0.05) is 18.3 Å². The van der Waals surface area contributed by atoms with Gasteiger partial charge in [-0.05, 0) is 52.7 Å². The second kappa shape index (κ2) is 5.46. The zero-order valence-corrected chi connectivity index (χ0v) is 12.2. The Morgan fingerprint density at radius 3 is 2.67 bits per heavy atom. The molecule has 0 atom stereocenters. The Labute approximate surface area is 120 Å². The van der Waals surface area contributed by atoms with E-state index in [-0.39, 0.29) is 0 Å². The first-order valence-electron chi connectivity index (χ1n) is 5.35. The van der Waals surface area contributed by atoms with Crippen LogP contribution in [0.4, 0.5) is 11.5 Å². The Bertz CT molecular complexity index is 581. The fraction of sp³-hybridized carbons (Fsp3) is 0.0769. The SMILES string of the molecule is Cc1ccc(Nc2ccc(C(N)=S)cn2)c(Br)c1. The third-order valence-corrected chi connectivity index (χ3v) is 3.33. The molecule has 0 saturated carbocycles. The molecule has 1 heterocycles. The van der Waals surface area contributed by atoms with Crippen molar-refractivity contribution in [2.24, 2.45) is 5.73 Å². The first-order chi connectivity index (χ1) is 8.56. The summed E-state index contributed by atoms with van der Waals surface area (Å²) in [4.78, 5) is 4.61. The van der Waals surface area contributed by atoms with Crippen molar-refractivity contribution in [1.82, 2.24) is 4.98 Å². The van der Waals surface area contributed by atoms with Crippen LogP contribution >= 0.6 is 28.1 Å². The molecule has 3 N–H and O–H groups in total. The van der Waals surface area contributed by atoms with E-state index in [1.165, 1.54) is 5.56 Å². The number of nitrogens with zero attached hydrogens (tertiary/aromatic N) is 1. The molecule has 5 heteroatoms. The summed E-state index contributed by atoms with van der Waals surface area (Å²) in [5, 5.41) is 3.22. The Balaban J connectivity index is 2.21. The largest absolute Gasteiger partial charge is 0.389 e. The van der Waals surface area contributed by atoms with Gasteiger partial charge in [-0.3, -0.25) is 0 Å². The maximum atomic E-state index is 5.52. The second-order valence-corrected chi connectivity index (χ2v) is 5.20. The molecule has 92 valence electrons. The summed E-state index contributed by atoms with van der Waals surface area (Å²) in [6.45, 7) is 2.05. The number of rotatable bonds is 3. The highest BCUT2D eigenvalue weighted by Gasteiger charge is 2.02. The van der Waals surface area contributed by atoms with Gasteiger partial charge >= 0.3 is 0 Å². The lowest BCUT2D eigenvalue weighted by molar-refractivity contribution is 1.29. The van der Waals surface area contributed by atoms with Crippen molar-refractivity contribution in [3.63, 3.8) is 0 Å². The zero-order valence-electron chi connectivity index (χ0n) is 9.77. The quantitative estimate of drug-likeness (QED) is 0.849. The molecule has 0 fully saturated rings. The molecule has 1 aromatic carbocycles. The van der Waals surface area contributed by atoms with Gasteiger partial charge in [0, 0.05) is 16.2 Å². The van der Waals surface area contributed by atoms with E-state index in [0.717, 1.165) is 21.5 Å². The number of pyridine rings is 1. The van der Waals surface area contributed by atoms with Gasteiger partial charge in [-0.15, -0.1) is 0 Å². The van der Waals surface area contributed by atoms with Crippen molar-refractivity contribution in [1.29, 1.82) is 0 Å². The minimum atomic E-state index is 0.352. The molecule has 3 nitrogen and oxygen atoms in total. The van der Waals surface area contributed by atoms with Crippen LogP contribution in [0, 0.1) is 6.92 Å². The van der Waals surface area contributed by atoms with Crippen molar-refractivity contribution in [3.8, 4) is 0 Å². The highest BCUT2D eigenvalue weighted by molar-refractivity contribution is 9.10. The number of nitrogens with two attached hydrogens (primary N) is 1. The van der Waals surface area contributed by atoms with E-state index < -0.39 is 0 Å². The van der Waals surface area contributed by atoms with Gasteiger partial charge < -0.3 is 11.1 Å². The van der Waals surface area contributed by atoms with Crippen LogP contribution in [0.2, 0.25) is 0 Å². The highest BCUT2D eigenvalue weighted by Crippen LogP contribution is 2.25. The molecular formula is C13H12BrN3S. The third-order valence-electron chi connectivity index (χ3n) is 2.44. The highest BCUT2D eigenvalue weighted by atomic mass is 79.9. The first kappa shape index (κ1) is 13.0. The van der Waals surface area contributed by atoms with Gasteiger partial charge in [-0.25, -0.2) is 4.98 Å². The monoisotopic (exact) mass is 321 g/mol. The van der Waals surface area contributed by atoms with Crippen LogP contribution in [0.5, 0.6) is 0 Å². The van der Waals surface area contributed by atoms with Crippen LogP contribution in [0.25, 0.3) is 0 Å². The van der Waals surface area contributed by atoms with Crippen molar-refractivity contribution in [2.75, 3.05) is 5.32 Å². The standard InChI is InChI=1S/C13H12BrN3S/c1-8-2-4-11(10(14)6-8)17-12-5-3-9(7-16-12)13(15)18/h2-7H,1H3,(H2,15,18)(H,16,17). The molecule has 2 rings (SSSR count). The lowest BCUT2D eigenvalue weighted by Gasteiger charge is -2.08. The van der Waals surface area contributed by atoms with E-state index >= 15 is 0 Å². The van der Waals surface area contributed by atoms with Gasteiger partial charge in [0.25, 0.3) is 0 Å². The van der Waals surface area contributed by atoms with Crippen LogP contribution in [-0.2, 0) is 0 Å². The molecule has 0 spiro atoms. The molecule has 0 amide bonds. The molecule has 2 aromatic rings. The number of halogens is 1. The van der Waals surface area contributed by atoms with E-state index in [9.17, 15) is 0 Å². The molecular weight excluding hydrogens is 310 g/mol. The minimum absolute atomic E-state index is 0.352. The predicted molar refractivity (Wildman–Crippen MR) is 82.3 cm³/mol. The van der Waals surface area contributed by atoms with Crippen LogP contribution in [0.15, 0.2) is 41.0 Å². The van der Waals surface area contributed by atoms with Crippen LogP contribution < -0.4 is 11.1 Å². The Hall–Kier alpha value is -1.46. The van der Waals surface area contributed by atoms with Gasteiger partial charge in [0.1, 0.15) is 10.8 Å². The Kier molecular flexibility index (Phi) is 3.93. The van der Waals surface area contributed by atoms with Crippen LogP contribution in [0.3, 0.4) is 0 Å². The summed E-state index contributed by atoms with van der Waals surface area (Å²) in [5.41, 5.74) is 8.45. The van der Waals surface area contributed by atoms with Gasteiger partial charge in [0.15, 0.2) is 0 Å². The molecule has 0 aliphatic rings. The lowest BCUT2D eigenvalue weighted by Crippen LogP contribution is -2.09. The molecule has 0 radical (unpaired) electrons. The number of anilines is 2. The number of thiocarbonyl (C=S) groups is 1. The van der Waals surface area contributed by atoms with Gasteiger partial charge in [0.05, 0.1) is 5.69 Å². The fourth-order valence-corrected chi connectivity index (χ4v) is 2.19. The Morgan fingerprint density at radius 1 is 1.33 bits per heavy atom. The lowest BCUT2D eigenvalue weighted by atomic mass is 10.2. The van der Waals surface area contributed by atoms with E-state index in [0.29, 0.717) is 4.99 Å². The van der Waals surface area contributed by atoms with E-state index in [1.807, 2.05) is 37.3 Å². The summed E-state index contributed by atoms with van der Waals surface area (Å²) in [6.07, 6.45) is 1.66. The molecule has 0 saturated heterocycles. The summed E-state index contributed by atoms with van der Waals surface area (Å²) >= 11 is 8.39. The zero-order chi connectivity index (χ0) is 13.1. The number of aryl methyl sites for hydroxylation is 1. The maximum Gasteiger partial charge on any atom is 0.130 e. The molecule has 18 heavy (non-hydrogen) atoms. The van der Waals surface area contributed by atoms with Crippen LogP contribution in [-0.4, -0.2) is 9.97 Å². The van der Waals surface area contributed by atoms with E-state index in [4.69, 9.17) is 18.0 Å². The number of benzene rings is 1. The normalized spacial score (nSPS) is 10.1. The minimum Gasteiger partial charge on any atom is -0.389 e.